The van der Waals surface area contributed by atoms with E-state index in [4.69, 9.17) is 0 Å². The Balaban J connectivity index is 1.17. The number of aliphatic hydroxyl groups is 1. The van der Waals surface area contributed by atoms with Gasteiger partial charge in [0, 0.05) is 18.5 Å². The number of carbonyl (C=O) groups excluding carboxylic acids is 1. The third-order valence-corrected chi connectivity index (χ3v) is 10.6. The highest BCUT2D eigenvalue weighted by Gasteiger charge is 2.52. The molecule has 1 saturated heterocycles. The number of hydrogen-bond donors (Lipinski definition) is 3. The van der Waals surface area contributed by atoms with Gasteiger partial charge in [-0.3, -0.25) is 4.79 Å². The minimum Gasteiger partial charge on any atom is -0.505 e. The molecule has 0 unspecified atom stereocenters. The lowest BCUT2D eigenvalue weighted by molar-refractivity contribution is -0.141. The molecule has 4 saturated carbocycles. The second-order valence-electron chi connectivity index (χ2n) is 12.4. The van der Waals surface area contributed by atoms with Gasteiger partial charge in [-0.05, 0) is 114 Å². The predicted octanol–water partition coefficient (Wildman–Crippen LogP) is 5.16. The zero-order valence-corrected chi connectivity index (χ0v) is 22.7. The van der Waals surface area contributed by atoms with Crippen LogP contribution in [0.2, 0.25) is 0 Å². The summed E-state index contributed by atoms with van der Waals surface area (Å²) in [6.07, 6.45) is 7.81. The minimum absolute atomic E-state index is 0.0820. The van der Waals surface area contributed by atoms with Crippen molar-refractivity contribution in [2.45, 2.75) is 62.5 Å². The number of aliphatic imine (C=N–C) groups is 1. The first-order chi connectivity index (χ1) is 19.2. The van der Waals surface area contributed by atoms with Crippen molar-refractivity contribution in [2.75, 3.05) is 6.54 Å². The highest BCUT2D eigenvalue weighted by atomic mass is 32.2. The summed E-state index contributed by atoms with van der Waals surface area (Å²) in [5, 5.41) is 30.7. The molecule has 5 fully saturated rings. The number of β-amino-alcohol motifs (C(OH)–C–C–N with tert-alkyl or cyclic N) is 1. The van der Waals surface area contributed by atoms with E-state index in [9.17, 15) is 24.9 Å². The molecular weight excluding hydrogens is 531 g/mol. The number of amides is 1. The maximum Gasteiger partial charge on any atom is 0.326 e. The predicted molar refractivity (Wildman–Crippen MR) is 150 cm³/mol. The van der Waals surface area contributed by atoms with Gasteiger partial charge in [0.05, 0.1) is 11.0 Å². The van der Waals surface area contributed by atoms with Crippen LogP contribution in [0.25, 0.3) is 17.2 Å². The topological polar surface area (TPSA) is 110 Å². The lowest BCUT2D eigenvalue weighted by Crippen LogP contribution is -2.48. The molecule has 208 valence electrons. The van der Waals surface area contributed by atoms with E-state index in [0.717, 1.165) is 47.7 Å². The van der Waals surface area contributed by atoms with Gasteiger partial charge in [-0.15, -0.1) is 0 Å². The van der Waals surface area contributed by atoms with Crippen molar-refractivity contribution in [3.05, 3.63) is 58.2 Å². The summed E-state index contributed by atoms with van der Waals surface area (Å²) < 4.78 is 15.2. The molecule has 8 rings (SSSR count). The summed E-state index contributed by atoms with van der Waals surface area (Å²) in [6.45, 7) is 0.108. The highest BCUT2D eigenvalue weighted by Crippen LogP contribution is 2.62. The first-order valence-electron chi connectivity index (χ1n) is 14.0. The Morgan fingerprint density at radius 1 is 1.05 bits per heavy atom. The fraction of sp³-hybridized carbons (Fsp3) is 0.452. The maximum absolute atomic E-state index is 15.2. The van der Waals surface area contributed by atoms with Crippen molar-refractivity contribution in [2.24, 2.45) is 22.7 Å². The second-order valence-corrected chi connectivity index (χ2v) is 13.4. The normalized spacial score (nSPS) is 33.7. The number of benzene rings is 2. The van der Waals surface area contributed by atoms with Crippen molar-refractivity contribution < 1.29 is 29.3 Å². The molecule has 2 atom stereocenters. The Morgan fingerprint density at radius 2 is 1.75 bits per heavy atom. The zero-order valence-electron chi connectivity index (χ0n) is 21.9. The van der Waals surface area contributed by atoms with Crippen molar-refractivity contribution in [1.82, 2.24) is 4.90 Å². The van der Waals surface area contributed by atoms with E-state index >= 15 is 4.39 Å². The number of aromatic hydroxyl groups is 1. The van der Waals surface area contributed by atoms with E-state index in [1.165, 1.54) is 30.2 Å². The fourth-order valence-electron chi connectivity index (χ4n) is 8.35. The number of phenols is 1. The van der Waals surface area contributed by atoms with Gasteiger partial charge in [0.2, 0.25) is 0 Å². The van der Waals surface area contributed by atoms with Gasteiger partial charge in [0.15, 0.2) is 16.7 Å². The molecule has 2 aromatic rings. The summed E-state index contributed by atoms with van der Waals surface area (Å²) >= 11 is 1.09. The Morgan fingerprint density at radius 3 is 2.42 bits per heavy atom. The number of likely N-dealkylation sites (tertiary alicyclic amines) is 1. The minimum atomic E-state index is -1.06. The molecule has 2 aromatic carbocycles. The molecule has 7 nitrogen and oxygen atoms in total. The van der Waals surface area contributed by atoms with Crippen LogP contribution >= 0.6 is 11.8 Å². The molecule has 4 bridgehead atoms. The van der Waals surface area contributed by atoms with Crippen molar-refractivity contribution in [1.29, 1.82) is 0 Å². The van der Waals surface area contributed by atoms with Crippen LogP contribution in [0.15, 0.2) is 46.3 Å². The Hall–Kier alpha value is -3.17. The molecule has 1 amide bonds. The SMILES string of the molecule is O=C1N=C(N2C[C@H](O)C[C@@H]2C(=O)O)SC1=Cc1cccc(-c2cc(F)c(O)c(C34CC5CC(CC(C5)C3)C4)c2)c1. The summed E-state index contributed by atoms with van der Waals surface area (Å²) in [5.74, 6) is -0.357. The smallest absolute Gasteiger partial charge is 0.326 e. The van der Waals surface area contributed by atoms with Crippen molar-refractivity contribution >= 4 is 34.9 Å². The standard InChI is InChI=1S/C31H31FN2O5S/c32-24-10-21(9-23(27(24)36)31-12-17-4-18(13-31)6-19(5-17)14-31)20-3-1-2-16(7-20)8-26-28(37)33-30(40-26)34-15-22(35)11-25(34)29(38)39/h1-3,7-10,17-19,22,25,35-36H,4-6,11-15H2,(H,38,39)/t17?,18?,19?,22-,25-,31?/m1/s1. The summed E-state index contributed by atoms with van der Waals surface area (Å²) in [4.78, 5) is 30.2. The van der Waals surface area contributed by atoms with Gasteiger partial charge in [-0.25, -0.2) is 9.18 Å². The third kappa shape index (κ3) is 4.34. The molecule has 0 aromatic heterocycles. The molecule has 6 aliphatic rings. The van der Waals surface area contributed by atoms with Gasteiger partial charge in [-0.1, -0.05) is 18.2 Å². The third-order valence-electron chi connectivity index (χ3n) is 9.61. The number of amidine groups is 1. The summed E-state index contributed by atoms with van der Waals surface area (Å²) in [6, 6.07) is 9.90. The fourth-order valence-corrected chi connectivity index (χ4v) is 9.32. The first-order valence-corrected chi connectivity index (χ1v) is 14.8. The quantitative estimate of drug-likeness (QED) is 0.442. The molecule has 3 N–H and O–H groups in total. The Kier molecular flexibility index (Phi) is 6.09. The molecule has 0 spiro atoms. The number of halogens is 1. The van der Waals surface area contributed by atoms with E-state index in [2.05, 4.69) is 4.99 Å². The molecule has 2 heterocycles. The van der Waals surface area contributed by atoms with Gasteiger partial charge < -0.3 is 20.2 Å². The van der Waals surface area contributed by atoms with Crippen LogP contribution in [0.3, 0.4) is 0 Å². The molecule has 2 aliphatic heterocycles. The molecule has 40 heavy (non-hydrogen) atoms. The number of carboxylic acids is 1. The highest BCUT2D eigenvalue weighted by molar-refractivity contribution is 8.18. The van der Waals surface area contributed by atoms with Crippen molar-refractivity contribution in [3.63, 3.8) is 0 Å². The van der Waals surface area contributed by atoms with Crippen LogP contribution in [0, 0.1) is 23.6 Å². The van der Waals surface area contributed by atoms with Crippen LogP contribution < -0.4 is 0 Å². The van der Waals surface area contributed by atoms with Crippen LogP contribution in [-0.2, 0) is 15.0 Å². The van der Waals surface area contributed by atoms with Gasteiger partial charge in [-0.2, -0.15) is 4.99 Å². The van der Waals surface area contributed by atoms with E-state index in [-0.39, 0.29) is 29.3 Å². The Bertz CT molecular complexity index is 1450. The number of hydrogen-bond acceptors (Lipinski definition) is 6. The van der Waals surface area contributed by atoms with E-state index in [1.807, 2.05) is 30.3 Å². The van der Waals surface area contributed by atoms with Crippen LogP contribution in [0.4, 0.5) is 4.39 Å². The average Bonchev–Trinajstić information content (AvgIpc) is 3.47. The molecule has 4 aliphatic carbocycles. The van der Waals surface area contributed by atoms with E-state index in [0.29, 0.717) is 28.2 Å². The number of phenolic OH excluding ortho intramolecular Hbond substituents is 1. The molecule has 9 heteroatoms. The van der Waals surface area contributed by atoms with Crippen molar-refractivity contribution in [3.8, 4) is 16.9 Å². The number of thioether (sulfide) groups is 1. The Labute approximate surface area is 235 Å². The summed E-state index contributed by atoms with van der Waals surface area (Å²) in [5.41, 5.74) is 2.78. The van der Waals surface area contributed by atoms with E-state index < -0.39 is 29.8 Å². The zero-order chi connectivity index (χ0) is 27.8. The van der Waals surface area contributed by atoms with Crippen LogP contribution in [-0.4, -0.2) is 56.0 Å². The average molecular weight is 563 g/mol. The number of nitrogens with zero attached hydrogens (tertiary/aromatic N) is 2. The largest absolute Gasteiger partial charge is 0.505 e. The van der Waals surface area contributed by atoms with Gasteiger partial charge >= 0.3 is 5.97 Å². The number of aliphatic carboxylic acids is 1. The van der Waals surface area contributed by atoms with Gasteiger partial charge in [0.1, 0.15) is 6.04 Å². The van der Waals surface area contributed by atoms with Crippen LogP contribution in [0.1, 0.15) is 56.1 Å². The molecule has 0 radical (unpaired) electrons. The summed E-state index contributed by atoms with van der Waals surface area (Å²) in [7, 11) is 0. The maximum atomic E-state index is 15.2. The number of aliphatic hydroxyl groups excluding tert-OH is 1. The van der Waals surface area contributed by atoms with Gasteiger partial charge in [0.25, 0.3) is 5.91 Å². The van der Waals surface area contributed by atoms with Crippen LogP contribution in [0.5, 0.6) is 5.75 Å². The van der Waals surface area contributed by atoms with E-state index in [1.54, 1.807) is 6.08 Å². The second kappa shape index (κ2) is 9.45. The first kappa shape index (κ1) is 25.8. The number of carbonyl (C=O) groups is 2. The molecular formula is C31H31FN2O5S. The lowest BCUT2D eigenvalue weighted by Gasteiger charge is -2.57. The number of carboxylic acid groups (broad SMARTS) is 1. The monoisotopic (exact) mass is 562 g/mol. The number of rotatable bonds is 4. The lowest BCUT2D eigenvalue weighted by atomic mass is 9.48.